The molecule has 1 fully saturated rings. The number of carbonyl (C=O) groups is 1. The molecule has 0 radical (unpaired) electrons. The Hall–Kier alpha value is -1.40. The summed E-state index contributed by atoms with van der Waals surface area (Å²) in [4.78, 5) is 11.5. The Labute approximate surface area is 105 Å². The molecule has 0 aliphatic carbocycles. The number of aromatic nitrogens is 2. The van der Waals surface area contributed by atoms with Crippen molar-refractivity contribution >= 4 is 5.91 Å². The summed E-state index contributed by atoms with van der Waals surface area (Å²) in [5.74, 6) is -0.439. The number of amides is 1. The molecule has 1 unspecified atom stereocenters. The Bertz CT molecular complexity index is 463. The lowest BCUT2D eigenvalue weighted by molar-refractivity contribution is 0.0536. The number of nitrogens with two attached hydrogens (primary N) is 1. The molecule has 1 amide bonds. The average Bonchev–Trinajstić information content (AvgIpc) is 2.79. The van der Waals surface area contributed by atoms with Gasteiger partial charge in [0.25, 0.3) is 5.91 Å². The van der Waals surface area contributed by atoms with E-state index in [4.69, 9.17) is 10.5 Å². The minimum absolute atomic E-state index is 0.249. The molecule has 1 saturated heterocycles. The van der Waals surface area contributed by atoms with Crippen molar-refractivity contribution < 1.29 is 9.53 Å². The van der Waals surface area contributed by atoms with Gasteiger partial charge in [0.05, 0.1) is 12.6 Å². The molecule has 2 aliphatic heterocycles. The number of rotatable bonds is 2. The van der Waals surface area contributed by atoms with Crippen molar-refractivity contribution in [2.75, 3.05) is 19.8 Å². The van der Waals surface area contributed by atoms with E-state index in [-0.39, 0.29) is 6.04 Å². The number of fused-ring (bicyclic) bond motifs is 1. The number of hydrogen-bond acceptors (Lipinski definition) is 4. The maximum Gasteiger partial charge on any atom is 0.269 e. The number of primary amides is 1. The van der Waals surface area contributed by atoms with Gasteiger partial charge in [0.15, 0.2) is 5.69 Å². The Balaban J connectivity index is 2.00. The molecule has 6 heteroatoms. The number of nitrogens with zero attached hydrogens (tertiary/aromatic N) is 2. The first kappa shape index (κ1) is 11.7. The second-order valence-electron chi connectivity index (χ2n) is 4.88. The van der Waals surface area contributed by atoms with Gasteiger partial charge in [-0.1, -0.05) is 0 Å². The van der Waals surface area contributed by atoms with Crippen molar-refractivity contribution in [3.63, 3.8) is 0 Å². The average molecular weight is 250 g/mol. The zero-order chi connectivity index (χ0) is 12.5. The monoisotopic (exact) mass is 250 g/mol. The van der Waals surface area contributed by atoms with Gasteiger partial charge in [-0.15, -0.1) is 0 Å². The number of ether oxygens (including phenoxy) is 1. The fourth-order valence-corrected chi connectivity index (χ4v) is 2.79. The quantitative estimate of drug-likeness (QED) is 0.772. The van der Waals surface area contributed by atoms with E-state index in [2.05, 4.69) is 10.4 Å². The lowest BCUT2D eigenvalue weighted by Gasteiger charge is -2.25. The van der Waals surface area contributed by atoms with E-state index in [0.717, 1.165) is 43.7 Å². The van der Waals surface area contributed by atoms with Crippen LogP contribution in [0.15, 0.2) is 0 Å². The van der Waals surface area contributed by atoms with E-state index in [1.165, 1.54) is 0 Å². The molecule has 1 atom stereocenters. The summed E-state index contributed by atoms with van der Waals surface area (Å²) in [6, 6.07) is 0.249. The van der Waals surface area contributed by atoms with Gasteiger partial charge in [-0.3, -0.25) is 9.48 Å². The normalized spacial score (nSPS) is 23.7. The molecule has 18 heavy (non-hydrogen) atoms. The molecule has 1 aromatic rings. The lowest BCUT2D eigenvalue weighted by Crippen LogP contribution is -2.28. The maximum absolute atomic E-state index is 11.5. The van der Waals surface area contributed by atoms with Gasteiger partial charge in [0, 0.05) is 37.4 Å². The van der Waals surface area contributed by atoms with E-state index in [1.807, 2.05) is 4.68 Å². The van der Waals surface area contributed by atoms with Crippen LogP contribution in [0, 0.1) is 0 Å². The van der Waals surface area contributed by atoms with Crippen molar-refractivity contribution in [2.24, 2.45) is 5.73 Å². The van der Waals surface area contributed by atoms with Crippen LogP contribution in [0.4, 0.5) is 0 Å². The molecule has 2 aliphatic rings. The zero-order valence-electron chi connectivity index (χ0n) is 10.3. The molecule has 0 spiro atoms. The van der Waals surface area contributed by atoms with Gasteiger partial charge in [-0.2, -0.15) is 5.10 Å². The van der Waals surface area contributed by atoms with Crippen molar-refractivity contribution in [1.29, 1.82) is 0 Å². The van der Waals surface area contributed by atoms with Gasteiger partial charge < -0.3 is 15.8 Å². The minimum Gasteiger partial charge on any atom is -0.379 e. The van der Waals surface area contributed by atoms with E-state index in [1.54, 1.807) is 0 Å². The molecule has 0 saturated carbocycles. The number of carbonyl (C=O) groups excluding carboxylic acids is 1. The molecule has 98 valence electrons. The van der Waals surface area contributed by atoms with Crippen molar-refractivity contribution in [1.82, 2.24) is 15.1 Å². The molecule has 3 rings (SSSR count). The fraction of sp³-hybridized carbons (Fsp3) is 0.667. The predicted octanol–water partition coefficient (Wildman–Crippen LogP) is -0.0208. The van der Waals surface area contributed by atoms with E-state index in [9.17, 15) is 4.79 Å². The van der Waals surface area contributed by atoms with Gasteiger partial charge >= 0.3 is 0 Å². The maximum atomic E-state index is 11.5. The van der Waals surface area contributed by atoms with Crippen molar-refractivity contribution in [3.8, 4) is 0 Å². The highest BCUT2D eigenvalue weighted by atomic mass is 16.5. The molecule has 6 nitrogen and oxygen atoms in total. The smallest absolute Gasteiger partial charge is 0.269 e. The first-order chi connectivity index (χ1) is 8.77. The van der Waals surface area contributed by atoms with Crippen LogP contribution in [0.3, 0.4) is 0 Å². The lowest BCUT2D eigenvalue weighted by atomic mass is 10.0. The summed E-state index contributed by atoms with van der Waals surface area (Å²) in [6.45, 7) is 3.11. The molecule has 3 N–H and O–H groups in total. The van der Waals surface area contributed by atoms with Gasteiger partial charge in [-0.05, 0) is 12.8 Å². The molecule has 0 aromatic carbocycles. The number of nitrogens with one attached hydrogen (secondary N) is 1. The predicted molar refractivity (Wildman–Crippen MR) is 65.2 cm³/mol. The van der Waals surface area contributed by atoms with Crippen LogP contribution in [0.25, 0.3) is 0 Å². The molecule has 3 heterocycles. The zero-order valence-corrected chi connectivity index (χ0v) is 10.3. The van der Waals surface area contributed by atoms with Crippen LogP contribution in [0.2, 0.25) is 0 Å². The van der Waals surface area contributed by atoms with Crippen LogP contribution in [0.1, 0.15) is 40.6 Å². The third kappa shape index (κ3) is 1.91. The molecule has 1 aromatic heterocycles. The van der Waals surface area contributed by atoms with Gasteiger partial charge in [-0.25, -0.2) is 0 Å². The summed E-state index contributed by atoms with van der Waals surface area (Å²) in [6.07, 6.45) is 3.00. The summed E-state index contributed by atoms with van der Waals surface area (Å²) in [5, 5.41) is 7.70. The number of hydrogen-bond donors (Lipinski definition) is 2. The second kappa shape index (κ2) is 4.70. The SMILES string of the molecule is NC(=O)c1nn(C2CCCOC2)c2c1CNCC2. The van der Waals surface area contributed by atoms with Crippen LogP contribution in [-0.4, -0.2) is 35.4 Å². The standard InChI is InChI=1S/C12H18N4O2/c13-12(17)11-9-6-14-4-3-10(9)16(15-11)8-2-1-5-18-7-8/h8,14H,1-7H2,(H2,13,17). The third-order valence-corrected chi connectivity index (χ3v) is 3.67. The summed E-state index contributed by atoms with van der Waals surface area (Å²) >= 11 is 0. The van der Waals surface area contributed by atoms with E-state index in [0.29, 0.717) is 18.8 Å². The molecule has 0 bridgehead atoms. The summed E-state index contributed by atoms with van der Waals surface area (Å²) in [7, 11) is 0. The fourth-order valence-electron chi connectivity index (χ4n) is 2.79. The Morgan fingerprint density at radius 3 is 3.17 bits per heavy atom. The third-order valence-electron chi connectivity index (χ3n) is 3.67. The second-order valence-corrected chi connectivity index (χ2v) is 4.88. The van der Waals surface area contributed by atoms with Gasteiger partial charge in [0.2, 0.25) is 0 Å². The van der Waals surface area contributed by atoms with E-state index >= 15 is 0 Å². The van der Waals surface area contributed by atoms with Crippen LogP contribution in [-0.2, 0) is 17.7 Å². The van der Waals surface area contributed by atoms with E-state index < -0.39 is 5.91 Å². The highest BCUT2D eigenvalue weighted by Gasteiger charge is 2.27. The molecular formula is C12H18N4O2. The van der Waals surface area contributed by atoms with Crippen LogP contribution in [0.5, 0.6) is 0 Å². The Kier molecular flexibility index (Phi) is 3.05. The van der Waals surface area contributed by atoms with Gasteiger partial charge in [0.1, 0.15) is 0 Å². The highest BCUT2D eigenvalue weighted by Crippen LogP contribution is 2.26. The topological polar surface area (TPSA) is 82.2 Å². The van der Waals surface area contributed by atoms with Crippen molar-refractivity contribution in [2.45, 2.75) is 31.8 Å². The largest absolute Gasteiger partial charge is 0.379 e. The summed E-state index contributed by atoms with van der Waals surface area (Å²) in [5.41, 5.74) is 7.95. The summed E-state index contributed by atoms with van der Waals surface area (Å²) < 4.78 is 7.49. The van der Waals surface area contributed by atoms with Crippen LogP contribution < -0.4 is 11.1 Å². The van der Waals surface area contributed by atoms with Crippen molar-refractivity contribution in [3.05, 3.63) is 17.0 Å². The highest BCUT2D eigenvalue weighted by molar-refractivity contribution is 5.92. The Morgan fingerprint density at radius 2 is 2.44 bits per heavy atom. The first-order valence-electron chi connectivity index (χ1n) is 6.46. The molecular weight excluding hydrogens is 232 g/mol. The minimum atomic E-state index is -0.439. The first-order valence-corrected chi connectivity index (χ1v) is 6.46. The Morgan fingerprint density at radius 1 is 1.56 bits per heavy atom. The van der Waals surface area contributed by atoms with Crippen LogP contribution >= 0.6 is 0 Å².